The summed E-state index contributed by atoms with van der Waals surface area (Å²) < 4.78 is 37.7. The van der Waals surface area contributed by atoms with E-state index in [9.17, 15) is 13.2 Å². The minimum atomic E-state index is -3.46. The predicted molar refractivity (Wildman–Crippen MR) is 106 cm³/mol. The van der Waals surface area contributed by atoms with Gasteiger partial charge in [-0.15, -0.1) is 0 Å². The number of fused-ring (bicyclic) bond motifs is 1. The smallest absolute Gasteiger partial charge is 0.319 e. The molecule has 1 aliphatic heterocycles. The number of ether oxygens (including phenoxy) is 2. The van der Waals surface area contributed by atoms with E-state index in [0.717, 1.165) is 6.42 Å². The van der Waals surface area contributed by atoms with Crippen molar-refractivity contribution in [2.75, 3.05) is 31.6 Å². The van der Waals surface area contributed by atoms with Gasteiger partial charge in [-0.3, -0.25) is 0 Å². The minimum Gasteiger partial charge on any atom is -0.490 e. The molecule has 8 nitrogen and oxygen atoms in total. The largest absolute Gasteiger partial charge is 0.490 e. The van der Waals surface area contributed by atoms with Gasteiger partial charge in [0.05, 0.1) is 19.0 Å². The molecule has 150 valence electrons. The fraction of sp³-hybridized carbons (Fsp3) is 0.316. The average molecular weight is 405 g/mol. The van der Waals surface area contributed by atoms with Crippen molar-refractivity contribution < 1.29 is 22.7 Å². The van der Waals surface area contributed by atoms with Crippen LogP contribution in [0.3, 0.4) is 0 Å². The van der Waals surface area contributed by atoms with Crippen LogP contribution in [0.5, 0.6) is 11.5 Å². The zero-order valence-electron chi connectivity index (χ0n) is 15.3. The van der Waals surface area contributed by atoms with Crippen LogP contribution in [0.1, 0.15) is 12.0 Å². The predicted octanol–water partition coefficient (Wildman–Crippen LogP) is 2.09. The first-order valence-electron chi connectivity index (χ1n) is 8.98. The fourth-order valence-electron chi connectivity index (χ4n) is 2.64. The lowest BCUT2D eigenvalue weighted by Gasteiger charge is -2.11. The van der Waals surface area contributed by atoms with Crippen LogP contribution < -0.4 is 24.8 Å². The number of sulfonamides is 1. The molecule has 3 rings (SSSR count). The summed E-state index contributed by atoms with van der Waals surface area (Å²) in [6.07, 6.45) is 0.804. The van der Waals surface area contributed by atoms with Crippen LogP contribution in [0.2, 0.25) is 0 Å². The number of anilines is 1. The zero-order chi connectivity index (χ0) is 19.8. The van der Waals surface area contributed by atoms with Gasteiger partial charge in [0.15, 0.2) is 11.5 Å². The molecule has 2 aromatic carbocycles. The molecule has 0 saturated carbocycles. The van der Waals surface area contributed by atoms with E-state index in [1.54, 1.807) is 42.5 Å². The molecule has 0 saturated heterocycles. The second-order valence-electron chi connectivity index (χ2n) is 6.23. The molecule has 28 heavy (non-hydrogen) atoms. The maximum absolute atomic E-state index is 12.0. The van der Waals surface area contributed by atoms with E-state index in [4.69, 9.17) is 9.47 Å². The van der Waals surface area contributed by atoms with E-state index >= 15 is 0 Å². The Hall–Kier alpha value is -2.78. The summed E-state index contributed by atoms with van der Waals surface area (Å²) in [5.74, 6) is 1.14. The molecule has 2 amide bonds. The summed E-state index contributed by atoms with van der Waals surface area (Å²) in [7, 11) is -3.46. The number of carbonyl (C=O) groups is 1. The number of benzene rings is 2. The van der Waals surface area contributed by atoms with E-state index < -0.39 is 16.1 Å². The Morgan fingerprint density at radius 1 is 0.964 bits per heavy atom. The Morgan fingerprint density at radius 2 is 1.71 bits per heavy atom. The Kier molecular flexibility index (Phi) is 6.72. The molecule has 2 aromatic rings. The van der Waals surface area contributed by atoms with E-state index in [0.29, 0.717) is 36.0 Å². The number of urea groups is 1. The van der Waals surface area contributed by atoms with E-state index in [1.807, 2.05) is 6.07 Å². The highest BCUT2D eigenvalue weighted by Gasteiger charge is 2.13. The summed E-state index contributed by atoms with van der Waals surface area (Å²) in [6, 6.07) is 13.6. The maximum Gasteiger partial charge on any atom is 0.319 e. The molecule has 0 fully saturated rings. The summed E-state index contributed by atoms with van der Waals surface area (Å²) >= 11 is 0. The van der Waals surface area contributed by atoms with E-state index in [-0.39, 0.29) is 18.8 Å². The Balaban J connectivity index is 1.41. The monoisotopic (exact) mass is 405 g/mol. The first-order valence-corrected chi connectivity index (χ1v) is 10.6. The van der Waals surface area contributed by atoms with Crippen LogP contribution in [-0.4, -0.2) is 40.8 Å². The van der Waals surface area contributed by atoms with Crippen molar-refractivity contribution in [2.24, 2.45) is 0 Å². The standard InChI is InChI=1S/C19H23N3O5S/c23-19(22-16-7-8-17-18(13-16)27-12-4-11-26-17)20-9-10-21-28(24,25)14-15-5-2-1-3-6-15/h1-3,5-8,13,21H,4,9-12,14H2,(H2,20,22,23). The van der Waals surface area contributed by atoms with Gasteiger partial charge in [0.25, 0.3) is 0 Å². The highest BCUT2D eigenvalue weighted by Crippen LogP contribution is 2.32. The van der Waals surface area contributed by atoms with Crippen molar-refractivity contribution in [3.05, 3.63) is 54.1 Å². The van der Waals surface area contributed by atoms with Gasteiger partial charge in [-0.1, -0.05) is 30.3 Å². The molecule has 0 atom stereocenters. The minimum absolute atomic E-state index is 0.1000. The van der Waals surface area contributed by atoms with Gasteiger partial charge in [0.2, 0.25) is 10.0 Å². The number of hydrogen-bond donors (Lipinski definition) is 3. The highest BCUT2D eigenvalue weighted by atomic mass is 32.2. The van der Waals surface area contributed by atoms with Crippen molar-refractivity contribution in [2.45, 2.75) is 12.2 Å². The quantitative estimate of drug-likeness (QED) is 0.612. The van der Waals surface area contributed by atoms with Gasteiger partial charge < -0.3 is 20.1 Å². The van der Waals surface area contributed by atoms with Crippen LogP contribution >= 0.6 is 0 Å². The van der Waals surface area contributed by atoms with Gasteiger partial charge >= 0.3 is 6.03 Å². The molecule has 0 bridgehead atoms. The third-order valence-electron chi connectivity index (χ3n) is 3.94. The van der Waals surface area contributed by atoms with Crippen LogP contribution in [0, 0.1) is 0 Å². The third-order valence-corrected chi connectivity index (χ3v) is 5.29. The Bertz CT molecular complexity index is 903. The van der Waals surface area contributed by atoms with Gasteiger partial charge in [-0.25, -0.2) is 17.9 Å². The van der Waals surface area contributed by atoms with Crippen LogP contribution in [0.4, 0.5) is 10.5 Å². The van der Waals surface area contributed by atoms with Gasteiger partial charge in [-0.2, -0.15) is 0 Å². The Labute approximate surface area is 164 Å². The second kappa shape index (κ2) is 9.43. The average Bonchev–Trinajstić information content (AvgIpc) is 2.91. The summed E-state index contributed by atoms with van der Waals surface area (Å²) in [5, 5.41) is 5.30. The van der Waals surface area contributed by atoms with Crippen molar-refractivity contribution in [1.29, 1.82) is 0 Å². The number of carbonyl (C=O) groups excluding carboxylic acids is 1. The SMILES string of the molecule is O=C(NCCNS(=O)(=O)Cc1ccccc1)Nc1ccc2c(c1)OCCCO2. The van der Waals surface area contributed by atoms with E-state index in [2.05, 4.69) is 15.4 Å². The molecule has 0 radical (unpaired) electrons. The molecular weight excluding hydrogens is 382 g/mol. The Morgan fingerprint density at radius 3 is 2.50 bits per heavy atom. The van der Waals surface area contributed by atoms with Crippen molar-refractivity contribution in [3.8, 4) is 11.5 Å². The molecular formula is C19H23N3O5S. The normalized spacial score (nSPS) is 13.4. The lowest BCUT2D eigenvalue weighted by molar-refractivity contribution is 0.252. The summed E-state index contributed by atoms with van der Waals surface area (Å²) in [6.45, 7) is 1.42. The van der Waals surface area contributed by atoms with Crippen molar-refractivity contribution in [3.63, 3.8) is 0 Å². The third kappa shape index (κ3) is 6.14. The summed E-state index contributed by atoms with van der Waals surface area (Å²) in [5.41, 5.74) is 1.27. The molecule has 0 aliphatic carbocycles. The van der Waals surface area contributed by atoms with Gasteiger partial charge in [0.1, 0.15) is 0 Å². The zero-order valence-corrected chi connectivity index (χ0v) is 16.1. The van der Waals surface area contributed by atoms with Crippen LogP contribution in [0.25, 0.3) is 0 Å². The molecule has 3 N–H and O–H groups in total. The van der Waals surface area contributed by atoms with Gasteiger partial charge in [-0.05, 0) is 17.7 Å². The molecule has 0 spiro atoms. The van der Waals surface area contributed by atoms with Crippen LogP contribution in [0.15, 0.2) is 48.5 Å². The van der Waals surface area contributed by atoms with Crippen LogP contribution in [-0.2, 0) is 15.8 Å². The fourth-order valence-corrected chi connectivity index (χ4v) is 3.79. The lowest BCUT2D eigenvalue weighted by Crippen LogP contribution is -2.37. The van der Waals surface area contributed by atoms with E-state index in [1.165, 1.54) is 0 Å². The molecule has 9 heteroatoms. The number of rotatable bonds is 7. The first-order chi connectivity index (χ1) is 13.5. The number of nitrogens with one attached hydrogen (secondary N) is 3. The molecule has 0 aromatic heterocycles. The van der Waals surface area contributed by atoms with Crippen molar-refractivity contribution >= 4 is 21.7 Å². The highest BCUT2D eigenvalue weighted by molar-refractivity contribution is 7.88. The number of amides is 2. The maximum atomic E-state index is 12.0. The van der Waals surface area contributed by atoms with Gasteiger partial charge in [0, 0.05) is 31.3 Å². The lowest BCUT2D eigenvalue weighted by atomic mass is 10.2. The second-order valence-corrected chi connectivity index (χ2v) is 8.04. The molecule has 1 aliphatic rings. The molecule has 1 heterocycles. The first kappa shape index (κ1) is 20.0. The number of hydrogen-bond acceptors (Lipinski definition) is 5. The molecule has 0 unspecified atom stereocenters. The van der Waals surface area contributed by atoms with Crippen molar-refractivity contribution in [1.82, 2.24) is 10.0 Å². The summed E-state index contributed by atoms with van der Waals surface area (Å²) in [4.78, 5) is 12.0. The topological polar surface area (TPSA) is 106 Å².